The fraction of sp³-hybridized carbons (Fsp3) is 0.583. The number of halogens is 1. The van der Waals surface area contributed by atoms with E-state index in [2.05, 4.69) is 5.73 Å². The summed E-state index contributed by atoms with van der Waals surface area (Å²) in [6.07, 6.45) is 4.84. The fourth-order valence-electron chi connectivity index (χ4n) is 1.66. The molecule has 2 radical (unpaired) electrons. The van der Waals surface area contributed by atoms with E-state index in [9.17, 15) is 9.50 Å². The molecule has 1 saturated heterocycles. The van der Waals surface area contributed by atoms with Crippen LogP contribution in [0.2, 0.25) is 0 Å². The molecule has 17 heavy (non-hydrogen) atoms. The maximum absolute atomic E-state index is 14.7. The van der Waals surface area contributed by atoms with E-state index >= 15 is 0 Å². The van der Waals surface area contributed by atoms with Gasteiger partial charge in [0, 0.05) is 6.08 Å². The van der Waals surface area contributed by atoms with Crippen molar-refractivity contribution in [3.05, 3.63) is 17.4 Å². The van der Waals surface area contributed by atoms with E-state index in [0.717, 1.165) is 6.08 Å². The van der Waals surface area contributed by atoms with Crippen LogP contribution in [0, 0.1) is 12.3 Å². The first-order chi connectivity index (χ1) is 7.81. The van der Waals surface area contributed by atoms with Gasteiger partial charge in [0.25, 0.3) is 0 Å². The summed E-state index contributed by atoms with van der Waals surface area (Å²) in [7, 11) is 5.47. The zero-order valence-electron chi connectivity index (χ0n) is 9.77. The molecule has 1 rings (SSSR count). The summed E-state index contributed by atoms with van der Waals surface area (Å²) in [5.41, 5.74) is -1.47. The Labute approximate surface area is 101 Å². The summed E-state index contributed by atoms with van der Waals surface area (Å²) in [6, 6.07) is -1.45. The molecule has 1 aliphatic rings. The molecule has 1 heterocycles. The van der Waals surface area contributed by atoms with Crippen LogP contribution < -0.4 is 0 Å². The van der Waals surface area contributed by atoms with Gasteiger partial charge in [-0.05, 0) is 19.4 Å². The van der Waals surface area contributed by atoms with Gasteiger partial charge in [0.1, 0.15) is 14.0 Å². The highest BCUT2D eigenvalue weighted by molar-refractivity contribution is 6.12. The quantitative estimate of drug-likeness (QED) is 0.405. The van der Waals surface area contributed by atoms with Crippen LogP contribution in [-0.2, 0) is 4.74 Å². The van der Waals surface area contributed by atoms with Gasteiger partial charge < -0.3 is 14.9 Å². The number of aliphatic hydroxyl groups excluding tert-OH is 1. The van der Waals surface area contributed by atoms with Crippen LogP contribution in [0.3, 0.4) is 0 Å². The molecule has 0 saturated carbocycles. The maximum Gasteiger partial charge on any atom is 0.196 e. The molecular weight excluding hydrogens is 222 g/mol. The van der Waals surface area contributed by atoms with Crippen LogP contribution in [0.5, 0.6) is 0 Å². The molecular formula is C12H14BFO3. The fourth-order valence-corrected chi connectivity index (χ4v) is 1.66. The second-order valence-electron chi connectivity index (χ2n) is 4.20. The number of hydrogen-bond donors (Lipinski definition) is 2. The van der Waals surface area contributed by atoms with E-state index in [1.807, 2.05) is 5.92 Å². The Kier molecular flexibility index (Phi) is 3.86. The highest BCUT2D eigenvalue weighted by Crippen LogP contribution is 2.42. The van der Waals surface area contributed by atoms with Crippen molar-refractivity contribution < 1.29 is 19.3 Å². The molecule has 0 bridgehead atoms. The number of aliphatic hydroxyl groups is 2. The van der Waals surface area contributed by atoms with Gasteiger partial charge in [-0.15, -0.1) is 12.2 Å². The van der Waals surface area contributed by atoms with E-state index in [1.54, 1.807) is 13.8 Å². The molecule has 0 spiro atoms. The number of hydrogen-bond acceptors (Lipinski definition) is 3. The van der Waals surface area contributed by atoms with Crippen molar-refractivity contribution in [2.24, 2.45) is 0 Å². The minimum absolute atomic E-state index is 0.622. The van der Waals surface area contributed by atoms with Gasteiger partial charge in [-0.1, -0.05) is 5.92 Å². The summed E-state index contributed by atoms with van der Waals surface area (Å²) in [5.74, 6) is 1.92. The van der Waals surface area contributed by atoms with Gasteiger partial charge >= 0.3 is 0 Å². The lowest BCUT2D eigenvalue weighted by Crippen LogP contribution is -2.55. The first-order valence-corrected chi connectivity index (χ1v) is 5.14. The van der Waals surface area contributed by atoms with E-state index in [-0.39, 0.29) is 0 Å². The molecule has 0 aliphatic carbocycles. The van der Waals surface area contributed by atoms with Crippen LogP contribution in [0.25, 0.3) is 0 Å². The second kappa shape index (κ2) is 4.68. The van der Waals surface area contributed by atoms with Crippen molar-refractivity contribution in [1.82, 2.24) is 0 Å². The predicted molar refractivity (Wildman–Crippen MR) is 62.1 cm³/mol. The lowest BCUT2D eigenvalue weighted by atomic mass is 9.74. The highest BCUT2D eigenvalue weighted by atomic mass is 19.1. The molecule has 0 aromatic carbocycles. The Hall–Kier alpha value is -1.05. The van der Waals surface area contributed by atoms with Gasteiger partial charge in [0.05, 0.1) is 12.6 Å². The van der Waals surface area contributed by atoms with E-state index in [0.29, 0.717) is 5.57 Å². The molecule has 3 nitrogen and oxygen atoms in total. The zero-order valence-corrected chi connectivity index (χ0v) is 9.77. The van der Waals surface area contributed by atoms with Crippen molar-refractivity contribution in [2.45, 2.75) is 37.2 Å². The maximum atomic E-state index is 14.7. The smallest absolute Gasteiger partial charge is 0.196 e. The number of alkyl halides is 1. The van der Waals surface area contributed by atoms with E-state index < -0.39 is 30.0 Å². The SMILES string of the molecule is [B][C@@H]1O[C@H](CO)[C@@](O)(C#C)C1(F)C=C=C(C)C. The Morgan fingerprint density at radius 3 is 2.65 bits per heavy atom. The van der Waals surface area contributed by atoms with Crippen LogP contribution in [0.4, 0.5) is 4.39 Å². The largest absolute Gasteiger partial charge is 0.394 e. The topological polar surface area (TPSA) is 49.7 Å². The lowest BCUT2D eigenvalue weighted by Gasteiger charge is -2.31. The summed E-state index contributed by atoms with van der Waals surface area (Å²) >= 11 is 0. The third-order valence-electron chi connectivity index (χ3n) is 2.73. The molecule has 0 aromatic rings. The molecule has 90 valence electrons. The highest BCUT2D eigenvalue weighted by Gasteiger charge is 2.63. The van der Waals surface area contributed by atoms with Crippen molar-refractivity contribution in [3.63, 3.8) is 0 Å². The second-order valence-corrected chi connectivity index (χ2v) is 4.20. The third kappa shape index (κ3) is 2.05. The molecule has 4 atom stereocenters. The van der Waals surface area contributed by atoms with Crippen LogP contribution in [0.1, 0.15) is 13.8 Å². The standard InChI is InChI=1S/C12H14BFO3/c1-4-12(16)9(7-15)17-10(13)11(12,14)6-5-8(2)3/h1,6,9-10,15-16H,7H2,2-3H3/t9-,10-,11?,12+/m1/s1. The number of terminal acetylenes is 1. The molecule has 5 heteroatoms. The van der Waals surface area contributed by atoms with Gasteiger partial charge in [-0.3, -0.25) is 0 Å². The van der Waals surface area contributed by atoms with E-state index in [4.69, 9.17) is 24.1 Å². The first kappa shape index (κ1) is 14.0. The minimum atomic E-state index is -2.48. The molecule has 1 unspecified atom stereocenters. The van der Waals surface area contributed by atoms with Crippen molar-refractivity contribution in [3.8, 4) is 12.3 Å². The predicted octanol–water partition coefficient (Wildman–Crippen LogP) is 0.0660. The summed E-state index contributed by atoms with van der Waals surface area (Å²) < 4.78 is 19.6. The van der Waals surface area contributed by atoms with Crippen LogP contribution >= 0.6 is 0 Å². The Morgan fingerprint density at radius 1 is 1.65 bits per heavy atom. The lowest BCUT2D eigenvalue weighted by molar-refractivity contribution is -0.0526. The number of rotatable bonds is 2. The molecule has 2 N–H and O–H groups in total. The molecule has 1 aliphatic heterocycles. The normalized spacial score (nSPS) is 40.5. The third-order valence-corrected chi connectivity index (χ3v) is 2.73. The van der Waals surface area contributed by atoms with Crippen LogP contribution in [0.15, 0.2) is 17.4 Å². The summed E-state index contributed by atoms with van der Waals surface area (Å²) in [5, 5.41) is 19.1. The Balaban J connectivity index is 3.30. The number of ether oxygens (including phenoxy) is 1. The van der Waals surface area contributed by atoms with Crippen molar-refractivity contribution in [1.29, 1.82) is 0 Å². The summed E-state index contributed by atoms with van der Waals surface area (Å²) in [6.45, 7) is 2.79. The average Bonchev–Trinajstić information content (AvgIpc) is 2.48. The minimum Gasteiger partial charge on any atom is -0.394 e. The van der Waals surface area contributed by atoms with Crippen LogP contribution in [-0.4, -0.2) is 48.0 Å². The monoisotopic (exact) mass is 236 g/mol. The Morgan fingerprint density at radius 2 is 2.24 bits per heavy atom. The van der Waals surface area contributed by atoms with Crippen molar-refractivity contribution in [2.75, 3.05) is 6.61 Å². The summed E-state index contributed by atoms with van der Waals surface area (Å²) in [4.78, 5) is 0. The van der Waals surface area contributed by atoms with Gasteiger partial charge in [0.15, 0.2) is 11.3 Å². The van der Waals surface area contributed by atoms with Gasteiger partial charge in [-0.2, -0.15) is 0 Å². The van der Waals surface area contributed by atoms with Crippen molar-refractivity contribution >= 4 is 7.85 Å². The van der Waals surface area contributed by atoms with E-state index in [1.165, 1.54) is 0 Å². The zero-order chi connectivity index (χ0) is 13.3. The molecule has 0 amide bonds. The Bertz CT molecular complexity index is 406. The first-order valence-electron chi connectivity index (χ1n) is 5.14. The van der Waals surface area contributed by atoms with Gasteiger partial charge in [0.2, 0.25) is 0 Å². The van der Waals surface area contributed by atoms with Gasteiger partial charge in [-0.25, -0.2) is 4.39 Å². The average molecular weight is 236 g/mol. The molecule has 1 fully saturated rings. The molecule has 0 aromatic heterocycles.